The van der Waals surface area contributed by atoms with Gasteiger partial charge in [-0.1, -0.05) is 32.6 Å². The molecule has 1 aliphatic carbocycles. The smallest absolute Gasteiger partial charge is 0.0608 e. The Morgan fingerprint density at radius 2 is 1.88 bits per heavy atom. The molecule has 1 N–H and O–H groups in total. The maximum atomic E-state index is 5.31. The van der Waals surface area contributed by atoms with Gasteiger partial charge in [0.1, 0.15) is 0 Å². The number of nitrogens with one attached hydrogen (secondary N) is 1. The summed E-state index contributed by atoms with van der Waals surface area (Å²) in [4.78, 5) is 0. The van der Waals surface area contributed by atoms with Crippen LogP contribution in [0.3, 0.4) is 0 Å². The van der Waals surface area contributed by atoms with Gasteiger partial charge >= 0.3 is 0 Å². The van der Waals surface area contributed by atoms with Crippen molar-refractivity contribution >= 4 is 11.8 Å². The molecular formula is C14H27NOS. The van der Waals surface area contributed by atoms with E-state index in [2.05, 4.69) is 24.0 Å². The number of ether oxygens (including phenoxy) is 1. The molecule has 17 heavy (non-hydrogen) atoms. The molecule has 1 heterocycles. The molecule has 0 amide bonds. The first kappa shape index (κ1) is 13.7. The SMILES string of the molecule is CCCNC1CCCCCCC1SC1COC1. The van der Waals surface area contributed by atoms with Gasteiger partial charge < -0.3 is 10.1 Å². The van der Waals surface area contributed by atoms with Crippen LogP contribution in [0.5, 0.6) is 0 Å². The van der Waals surface area contributed by atoms with E-state index < -0.39 is 0 Å². The Labute approximate surface area is 110 Å². The van der Waals surface area contributed by atoms with E-state index in [1.165, 1.54) is 51.5 Å². The quantitative estimate of drug-likeness (QED) is 0.817. The monoisotopic (exact) mass is 257 g/mol. The van der Waals surface area contributed by atoms with Crippen molar-refractivity contribution in [2.45, 2.75) is 68.4 Å². The Hall–Kier alpha value is 0.270. The number of hydrogen-bond donors (Lipinski definition) is 1. The summed E-state index contributed by atoms with van der Waals surface area (Å²) in [5.41, 5.74) is 0. The Morgan fingerprint density at radius 1 is 1.12 bits per heavy atom. The van der Waals surface area contributed by atoms with Gasteiger partial charge in [0.05, 0.1) is 18.5 Å². The molecule has 1 saturated carbocycles. The first-order chi connectivity index (χ1) is 8.40. The van der Waals surface area contributed by atoms with Crippen molar-refractivity contribution in [3.8, 4) is 0 Å². The van der Waals surface area contributed by atoms with Gasteiger partial charge in [0.15, 0.2) is 0 Å². The van der Waals surface area contributed by atoms with Crippen LogP contribution in [0.25, 0.3) is 0 Å². The van der Waals surface area contributed by atoms with Gasteiger partial charge in [-0.05, 0) is 25.8 Å². The Kier molecular flexibility index (Phi) is 6.16. The molecule has 1 aliphatic heterocycles. The van der Waals surface area contributed by atoms with Crippen molar-refractivity contribution in [1.82, 2.24) is 5.32 Å². The van der Waals surface area contributed by atoms with Crippen molar-refractivity contribution in [3.63, 3.8) is 0 Å². The highest BCUT2D eigenvalue weighted by Crippen LogP contribution is 2.32. The van der Waals surface area contributed by atoms with E-state index >= 15 is 0 Å². The second-order valence-electron chi connectivity index (χ2n) is 5.39. The fraction of sp³-hybridized carbons (Fsp3) is 1.00. The lowest BCUT2D eigenvalue weighted by atomic mass is 9.96. The molecule has 2 nitrogen and oxygen atoms in total. The fourth-order valence-electron chi connectivity index (χ4n) is 2.72. The van der Waals surface area contributed by atoms with Crippen LogP contribution in [0.1, 0.15) is 51.9 Å². The first-order valence-electron chi connectivity index (χ1n) is 7.36. The van der Waals surface area contributed by atoms with E-state index in [-0.39, 0.29) is 0 Å². The lowest BCUT2D eigenvalue weighted by Gasteiger charge is -2.35. The molecule has 0 aromatic heterocycles. The zero-order valence-corrected chi connectivity index (χ0v) is 11.9. The molecule has 2 unspecified atom stereocenters. The molecule has 0 bridgehead atoms. The van der Waals surface area contributed by atoms with Crippen LogP contribution >= 0.6 is 11.8 Å². The lowest BCUT2D eigenvalue weighted by Crippen LogP contribution is -2.42. The van der Waals surface area contributed by atoms with Crippen LogP contribution in [0.15, 0.2) is 0 Å². The predicted molar refractivity (Wildman–Crippen MR) is 75.8 cm³/mol. The molecule has 0 spiro atoms. The molecule has 3 heteroatoms. The van der Waals surface area contributed by atoms with Gasteiger partial charge in [0, 0.05) is 11.3 Å². The van der Waals surface area contributed by atoms with Gasteiger partial charge in [-0.2, -0.15) is 0 Å². The predicted octanol–water partition coefficient (Wildman–Crippen LogP) is 3.21. The van der Waals surface area contributed by atoms with Crippen LogP contribution in [0.2, 0.25) is 0 Å². The topological polar surface area (TPSA) is 21.3 Å². The van der Waals surface area contributed by atoms with Crippen molar-refractivity contribution < 1.29 is 4.74 Å². The Balaban J connectivity index is 1.83. The third-order valence-corrected chi connectivity index (χ3v) is 5.40. The van der Waals surface area contributed by atoms with Gasteiger partial charge in [-0.25, -0.2) is 0 Å². The highest BCUT2D eigenvalue weighted by molar-refractivity contribution is 8.00. The zero-order valence-electron chi connectivity index (χ0n) is 11.1. The Morgan fingerprint density at radius 3 is 2.53 bits per heavy atom. The van der Waals surface area contributed by atoms with Gasteiger partial charge in [0.25, 0.3) is 0 Å². The molecule has 2 aliphatic rings. The van der Waals surface area contributed by atoms with Gasteiger partial charge in [-0.15, -0.1) is 11.8 Å². The minimum Gasteiger partial charge on any atom is -0.379 e. The summed E-state index contributed by atoms with van der Waals surface area (Å²) in [6.07, 6.45) is 9.76. The molecule has 2 rings (SSSR count). The highest BCUT2D eigenvalue weighted by atomic mass is 32.2. The van der Waals surface area contributed by atoms with Crippen LogP contribution in [-0.4, -0.2) is 36.3 Å². The van der Waals surface area contributed by atoms with E-state index in [1.54, 1.807) is 0 Å². The van der Waals surface area contributed by atoms with E-state index in [9.17, 15) is 0 Å². The Bertz CT molecular complexity index is 206. The average molecular weight is 257 g/mol. The largest absolute Gasteiger partial charge is 0.379 e. The molecule has 100 valence electrons. The van der Waals surface area contributed by atoms with Crippen molar-refractivity contribution in [2.24, 2.45) is 0 Å². The standard InChI is InChI=1S/C14H27NOS/c1-2-9-15-13-7-5-3-4-6-8-14(13)17-12-10-16-11-12/h12-15H,2-11H2,1H3. The van der Waals surface area contributed by atoms with Crippen LogP contribution in [0.4, 0.5) is 0 Å². The average Bonchev–Trinajstić information content (AvgIpc) is 2.25. The maximum Gasteiger partial charge on any atom is 0.0608 e. The van der Waals surface area contributed by atoms with Crippen LogP contribution < -0.4 is 5.32 Å². The highest BCUT2D eigenvalue weighted by Gasteiger charge is 2.28. The molecule has 0 aromatic rings. The van der Waals surface area contributed by atoms with Crippen LogP contribution in [0, 0.1) is 0 Å². The van der Waals surface area contributed by atoms with Gasteiger partial charge in [-0.3, -0.25) is 0 Å². The van der Waals surface area contributed by atoms with Crippen LogP contribution in [-0.2, 0) is 4.74 Å². The first-order valence-corrected chi connectivity index (χ1v) is 8.31. The molecule has 1 saturated heterocycles. The van der Waals surface area contributed by atoms with Gasteiger partial charge in [0.2, 0.25) is 0 Å². The molecule has 2 fully saturated rings. The summed E-state index contributed by atoms with van der Waals surface area (Å²) in [6, 6.07) is 0.751. The summed E-state index contributed by atoms with van der Waals surface area (Å²) >= 11 is 2.20. The fourth-order valence-corrected chi connectivity index (χ4v) is 4.29. The summed E-state index contributed by atoms with van der Waals surface area (Å²) in [5, 5.41) is 5.39. The zero-order chi connectivity index (χ0) is 11.9. The number of hydrogen-bond acceptors (Lipinski definition) is 3. The second kappa shape index (κ2) is 7.65. The number of thioether (sulfide) groups is 1. The summed E-state index contributed by atoms with van der Waals surface area (Å²) in [5.74, 6) is 0. The summed E-state index contributed by atoms with van der Waals surface area (Å²) < 4.78 is 5.31. The van der Waals surface area contributed by atoms with Crippen molar-refractivity contribution in [2.75, 3.05) is 19.8 Å². The third-order valence-electron chi connectivity index (χ3n) is 3.83. The summed E-state index contributed by atoms with van der Waals surface area (Å²) in [7, 11) is 0. The van der Waals surface area contributed by atoms with E-state index in [0.717, 1.165) is 29.8 Å². The van der Waals surface area contributed by atoms with Crippen molar-refractivity contribution in [1.29, 1.82) is 0 Å². The van der Waals surface area contributed by atoms with Crippen molar-refractivity contribution in [3.05, 3.63) is 0 Å². The summed E-state index contributed by atoms with van der Waals surface area (Å²) in [6.45, 7) is 5.42. The minimum atomic E-state index is 0.751. The lowest BCUT2D eigenvalue weighted by molar-refractivity contribution is 0.0451. The minimum absolute atomic E-state index is 0.751. The van der Waals surface area contributed by atoms with E-state index in [0.29, 0.717) is 0 Å². The van der Waals surface area contributed by atoms with E-state index in [1.807, 2.05) is 0 Å². The molecule has 0 radical (unpaired) electrons. The second-order valence-corrected chi connectivity index (χ2v) is 6.93. The third kappa shape index (κ3) is 4.46. The maximum absolute atomic E-state index is 5.31. The normalized spacial score (nSPS) is 31.6. The number of rotatable bonds is 5. The molecule has 2 atom stereocenters. The molecular weight excluding hydrogens is 230 g/mol. The molecule has 0 aromatic carbocycles. The van der Waals surface area contributed by atoms with E-state index in [4.69, 9.17) is 4.74 Å².